The molecule has 0 amide bonds. The van der Waals surface area contributed by atoms with E-state index in [0.29, 0.717) is 27.7 Å². The minimum Gasteiger partial charge on any atom is -0.457 e. The van der Waals surface area contributed by atoms with Crippen LogP contribution in [0.4, 0.5) is 4.39 Å². The number of nitriles is 1. The van der Waals surface area contributed by atoms with Gasteiger partial charge in [0.15, 0.2) is 0 Å². The Morgan fingerprint density at radius 2 is 1.93 bits per heavy atom. The fraction of sp³-hybridized carbons (Fsp3) is 0.0435. The minimum atomic E-state index is -0.324. The van der Waals surface area contributed by atoms with E-state index in [0.717, 1.165) is 11.3 Å². The summed E-state index contributed by atoms with van der Waals surface area (Å²) in [5.74, 6) is 0.737. The zero-order valence-corrected chi connectivity index (χ0v) is 15.8. The molecule has 4 aromatic rings. The van der Waals surface area contributed by atoms with Crippen LogP contribution in [0.25, 0.3) is 34.2 Å². The van der Waals surface area contributed by atoms with Gasteiger partial charge in [-0.3, -0.25) is 0 Å². The van der Waals surface area contributed by atoms with Gasteiger partial charge in [-0.1, -0.05) is 42.0 Å². The summed E-state index contributed by atoms with van der Waals surface area (Å²) < 4.78 is 19.2. The lowest BCUT2D eigenvalue weighted by Crippen LogP contribution is -1.82. The maximum atomic E-state index is 13.4. The summed E-state index contributed by atoms with van der Waals surface area (Å²) >= 11 is 1.41. The molecular weight excluding hydrogens is 371 g/mol. The summed E-state index contributed by atoms with van der Waals surface area (Å²) in [7, 11) is 0. The Hall–Kier alpha value is -3.49. The van der Waals surface area contributed by atoms with Crippen LogP contribution in [0, 0.1) is 24.1 Å². The Kier molecular flexibility index (Phi) is 4.88. The fourth-order valence-corrected chi connectivity index (χ4v) is 3.56. The molecule has 0 spiro atoms. The molecule has 2 aromatic heterocycles. The van der Waals surface area contributed by atoms with E-state index in [1.807, 2.05) is 36.6 Å². The van der Waals surface area contributed by atoms with Crippen molar-refractivity contribution in [3.05, 3.63) is 88.2 Å². The molecule has 0 aliphatic carbocycles. The first-order valence-electron chi connectivity index (χ1n) is 8.63. The summed E-state index contributed by atoms with van der Waals surface area (Å²) in [4.78, 5) is 4.59. The molecule has 136 valence electrons. The predicted molar refractivity (Wildman–Crippen MR) is 110 cm³/mol. The number of rotatable bonds is 4. The summed E-state index contributed by atoms with van der Waals surface area (Å²) in [6.07, 6.45) is 1.65. The van der Waals surface area contributed by atoms with Crippen molar-refractivity contribution < 1.29 is 8.81 Å². The first-order chi connectivity index (χ1) is 13.6. The van der Waals surface area contributed by atoms with E-state index in [9.17, 15) is 9.65 Å². The van der Waals surface area contributed by atoms with E-state index in [1.165, 1.54) is 29.0 Å². The maximum absolute atomic E-state index is 13.4. The largest absolute Gasteiger partial charge is 0.457 e. The third-order valence-electron chi connectivity index (χ3n) is 4.22. The lowest BCUT2D eigenvalue weighted by molar-refractivity contribution is 0.570. The van der Waals surface area contributed by atoms with Crippen molar-refractivity contribution in [2.75, 3.05) is 0 Å². The van der Waals surface area contributed by atoms with Gasteiger partial charge in [-0.25, -0.2) is 9.37 Å². The number of aryl methyl sites for hydroxylation is 1. The number of halogens is 1. The van der Waals surface area contributed by atoms with Crippen molar-refractivity contribution in [3.8, 4) is 28.7 Å². The van der Waals surface area contributed by atoms with Gasteiger partial charge >= 0.3 is 0 Å². The summed E-state index contributed by atoms with van der Waals surface area (Å²) in [6, 6.07) is 20.0. The van der Waals surface area contributed by atoms with E-state index in [1.54, 1.807) is 30.3 Å². The van der Waals surface area contributed by atoms with E-state index < -0.39 is 0 Å². The number of hydrogen-bond acceptors (Lipinski definition) is 4. The Labute approximate surface area is 166 Å². The first kappa shape index (κ1) is 17.9. The number of furan rings is 1. The highest BCUT2D eigenvalue weighted by atomic mass is 32.1. The molecule has 2 aromatic carbocycles. The van der Waals surface area contributed by atoms with Gasteiger partial charge in [-0.2, -0.15) is 5.26 Å². The topological polar surface area (TPSA) is 49.8 Å². The van der Waals surface area contributed by atoms with Crippen molar-refractivity contribution in [1.29, 1.82) is 5.26 Å². The second-order valence-corrected chi connectivity index (χ2v) is 7.14. The zero-order valence-electron chi connectivity index (χ0n) is 15.0. The molecule has 0 aliphatic rings. The summed E-state index contributed by atoms with van der Waals surface area (Å²) in [6.45, 7) is 2.04. The highest BCUT2D eigenvalue weighted by molar-refractivity contribution is 7.11. The number of nitrogens with zero attached hydrogens (tertiary/aromatic N) is 2. The molecule has 2 heterocycles. The molecule has 0 radical (unpaired) electrons. The maximum Gasteiger partial charge on any atom is 0.134 e. The van der Waals surface area contributed by atoms with Crippen LogP contribution in [0.5, 0.6) is 0 Å². The van der Waals surface area contributed by atoms with E-state index >= 15 is 0 Å². The van der Waals surface area contributed by atoms with Crippen LogP contribution in [0.15, 0.2) is 70.5 Å². The van der Waals surface area contributed by atoms with Crippen LogP contribution in [0.1, 0.15) is 16.3 Å². The summed E-state index contributed by atoms with van der Waals surface area (Å²) in [5.41, 5.74) is 4.10. The molecule has 0 bridgehead atoms. The molecule has 0 saturated heterocycles. The number of benzene rings is 2. The standard InChI is InChI=1S/C23H15FN2OS/c1-15-5-7-16(8-6-15)21-14-28-23(26-21)18(13-25)12-20-9-10-22(27-20)17-3-2-4-19(24)11-17/h2-12,14H,1H3/b18-12+. The second-order valence-electron chi connectivity index (χ2n) is 6.29. The molecule has 0 atom stereocenters. The molecular formula is C23H15FN2OS. The quantitative estimate of drug-likeness (QED) is 0.372. The van der Waals surface area contributed by atoms with Crippen LogP contribution >= 0.6 is 11.3 Å². The smallest absolute Gasteiger partial charge is 0.134 e. The molecule has 5 heteroatoms. The van der Waals surface area contributed by atoms with Gasteiger partial charge in [0.25, 0.3) is 0 Å². The molecule has 0 N–H and O–H groups in total. The second kappa shape index (κ2) is 7.63. The number of aromatic nitrogens is 1. The molecule has 3 nitrogen and oxygen atoms in total. The number of allylic oxidation sites excluding steroid dienone is 1. The van der Waals surface area contributed by atoms with E-state index in [2.05, 4.69) is 11.1 Å². The van der Waals surface area contributed by atoms with Crippen LogP contribution < -0.4 is 0 Å². The van der Waals surface area contributed by atoms with Crippen molar-refractivity contribution in [2.45, 2.75) is 6.92 Å². The molecule has 0 fully saturated rings. The number of hydrogen-bond donors (Lipinski definition) is 0. The Balaban J connectivity index is 1.62. The van der Waals surface area contributed by atoms with Crippen molar-refractivity contribution in [2.24, 2.45) is 0 Å². The van der Waals surface area contributed by atoms with E-state index in [4.69, 9.17) is 4.42 Å². The lowest BCUT2D eigenvalue weighted by atomic mass is 10.1. The minimum absolute atomic E-state index is 0.324. The van der Waals surface area contributed by atoms with Crippen LogP contribution in [-0.4, -0.2) is 4.98 Å². The van der Waals surface area contributed by atoms with Gasteiger partial charge in [-0.05, 0) is 31.2 Å². The molecule has 4 rings (SSSR count). The molecule has 0 saturated carbocycles. The SMILES string of the molecule is Cc1ccc(-c2csc(/C(C#N)=C/c3ccc(-c4cccc(F)c4)o3)n2)cc1. The Morgan fingerprint density at radius 1 is 1.11 bits per heavy atom. The van der Waals surface area contributed by atoms with Gasteiger partial charge in [0.1, 0.15) is 28.4 Å². The van der Waals surface area contributed by atoms with Crippen molar-refractivity contribution >= 4 is 23.0 Å². The Bertz CT molecular complexity index is 1200. The third kappa shape index (κ3) is 3.78. The molecule has 0 aliphatic heterocycles. The average molecular weight is 386 g/mol. The monoisotopic (exact) mass is 386 g/mol. The fourth-order valence-electron chi connectivity index (χ4n) is 2.77. The molecule has 0 unspecified atom stereocenters. The van der Waals surface area contributed by atoms with Gasteiger partial charge in [-0.15, -0.1) is 11.3 Å². The normalized spacial score (nSPS) is 11.4. The highest BCUT2D eigenvalue weighted by Gasteiger charge is 2.11. The van der Waals surface area contributed by atoms with Gasteiger partial charge in [0.05, 0.1) is 11.3 Å². The first-order valence-corrected chi connectivity index (χ1v) is 9.51. The molecule has 28 heavy (non-hydrogen) atoms. The average Bonchev–Trinajstić information content (AvgIpc) is 3.37. The van der Waals surface area contributed by atoms with Crippen LogP contribution in [0.3, 0.4) is 0 Å². The van der Waals surface area contributed by atoms with Gasteiger partial charge in [0.2, 0.25) is 0 Å². The Morgan fingerprint density at radius 3 is 2.68 bits per heavy atom. The lowest BCUT2D eigenvalue weighted by Gasteiger charge is -1.97. The van der Waals surface area contributed by atoms with Crippen LogP contribution in [0.2, 0.25) is 0 Å². The predicted octanol–water partition coefficient (Wildman–Crippen LogP) is 6.58. The van der Waals surface area contributed by atoms with Gasteiger partial charge in [0, 0.05) is 22.6 Å². The van der Waals surface area contributed by atoms with Crippen molar-refractivity contribution in [3.63, 3.8) is 0 Å². The van der Waals surface area contributed by atoms with Crippen molar-refractivity contribution in [1.82, 2.24) is 4.98 Å². The zero-order chi connectivity index (χ0) is 19.5. The van der Waals surface area contributed by atoms with E-state index in [-0.39, 0.29) is 5.82 Å². The van der Waals surface area contributed by atoms with Crippen LogP contribution in [-0.2, 0) is 0 Å². The third-order valence-corrected chi connectivity index (χ3v) is 5.10. The van der Waals surface area contributed by atoms with Gasteiger partial charge < -0.3 is 4.42 Å². The number of thiazole rings is 1. The summed E-state index contributed by atoms with van der Waals surface area (Å²) in [5, 5.41) is 12.1. The highest BCUT2D eigenvalue weighted by Crippen LogP contribution is 2.29.